The molecule has 5 heteroatoms. The minimum absolute atomic E-state index is 0.660. The molecule has 1 aromatic heterocycles. The third-order valence-corrected chi connectivity index (χ3v) is 4.74. The van der Waals surface area contributed by atoms with E-state index in [1.165, 1.54) is 0 Å². The summed E-state index contributed by atoms with van der Waals surface area (Å²) in [5.74, 6) is 3.39. The number of hydrogen-bond donors (Lipinski definition) is 1. The smallest absolute Gasteiger partial charge is 0.174 e. The molecule has 0 amide bonds. The highest BCUT2D eigenvalue weighted by molar-refractivity contribution is 8.01. The molecule has 0 N–H and O–H groups in total. The zero-order valence-corrected chi connectivity index (χ0v) is 11.3. The van der Waals surface area contributed by atoms with Gasteiger partial charge in [0.15, 0.2) is 4.34 Å². The second kappa shape index (κ2) is 5.98. The molecule has 0 bridgehead atoms. The van der Waals surface area contributed by atoms with E-state index in [0.29, 0.717) is 11.8 Å². The number of hydrogen-bond acceptors (Lipinski definition) is 5. The summed E-state index contributed by atoms with van der Waals surface area (Å²) in [4.78, 5) is 0. The summed E-state index contributed by atoms with van der Waals surface area (Å²) in [7, 11) is 0. The van der Waals surface area contributed by atoms with Gasteiger partial charge < -0.3 is 0 Å². The quantitative estimate of drug-likeness (QED) is 0.640. The van der Waals surface area contributed by atoms with E-state index in [1.807, 2.05) is 6.92 Å². The normalized spacial score (nSPS) is 13.5. The molecule has 1 aromatic rings. The van der Waals surface area contributed by atoms with Crippen LogP contribution < -0.4 is 0 Å². The zero-order valence-electron chi connectivity index (χ0n) is 8.73. The van der Waals surface area contributed by atoms with Crippen molar-refractivity contribution in [2.24, 2.45) is 11.8 Å². The SMILES string of the molecule is Cc1nnc(SCC(CS)C(C)C)s1. The highest BCUT2D eigenvalue weighted by Crippen LogP contribution is 2.26. The minimum atomic E-state index is 0.660. The maximum absolute atomic E-state index is 4.36. The molecule has 0 aromatic carbocycles. The van der Waals surface area contributed by atoms with Crippen LogP contribution >= 0.6 is 35.7 Å². The van der Waals surface area contributed by atoms with Gasteiger partial charge in [-0.3, -0.25) is 0 Å². The lowest BCUT2D eigenvalue weighted by atomic mass is 10.0. The first kappa shape index (κ1) is 12.3. The summed E-state index contributed by atoms with van der Waals surface area (Å²) >= 11 is 7.83. The van der Waals surface area contributed by atoms with Crippen LogP contribution in [0.15, 0.2) is 4.34 Å². The molecule has 0 aliphatic heterocycles. The molecule has 0 aliphatic carbocycles. The first-order valence-corrected chi connectivity index (χ1v) is 7.10. The molecule has 0 saturated heterocycles. The Labute approximate surface area is 99.3 Å². The van der Waals surface area contributed by atoms with Gasteiger partial charge in [-0.25, -0.2) is 0 Å². The Hall–Kier alpha value is 0.260. The fourth-order valence-corrected chi connectivity index (χ4v) is 3.87. The van der Waals surface area contributed by atoms with Crippen LogP contribution in [0.25, 0.3) is 0 Å². The lowest BCUT2D eigenvalue weighted by Crippen LogP contribution is -2.13. The third kappa shape index (κ3) is 3.79. The predicted molar refractivity (Wildman–Crippen MR) is 67.6 cm³/mol. The summed E-state index contributed by atoms with van der Waals surface area (Å²) in [5, 5.41) is 9.12. The standard InChI is InChI=1S/C9H16N2S3/c1-6(2)8(4-12)5-13-9-11-10-7(3)14-9/h6,8,12H,4-5H2,1-3H3. The van der Waals surface area contributed by atoms with E-state index in [2.05, 4.69) is 36.7 Å². The Morgan fingerprint density at radius 2 is 2.14 bits per heavy atom. The molecule has 1 rings (SSSR count). The molecule has 0 aliphatic rings. The van der Waals surface area contributed by atoms with E-state index < -0.39 is 0 Å². The van der Waals surface area contributed by atoms with Crippen molar-refractivity contribution in [3.63, 3.8) is 0 Å². The van der Waals surface area contributed by atoms with Crippen molar-refractivity contribution in [1.29, 1.82) is 0 Å². The fourth-order valence-electron chi connectivity index (χ4n) is 0.971. The number of rotatable bonds is 5. The van der Waals surface area contributed by atoms with Crippen LogP contribution in [-0.4, -0.2) is 21.7 Å². The monoisotopic (exact) mass is 248 g/mol. The van der Waals surface area contributed by atoms with Gasteiger partial charge in [0.25, 0.3) is 0 Å². The van der Waals surface area contributed by atoms with Crippen LogP contribution in [0.4, 0.5) is 0 Å². The number of thioether (sulfide) groups is 1. The molecule has 80 valence electrons. The van der Waals surface area contributed by atoms with Crippen LogP contribution in [0.3, 0.4) is 0 Å². The van der Waals surface area contributed by atoms with E-state index in [4.69, 9.17) is 0 Å². The highest BCUT2D eigenvalue weighted by atomic mass is 32.2. The van der Waals surface area contributed by atoms with Crippen molar-refractivity contribution >= 4 is 35.7 Å². The van der Waals surface area contributed by atoms with E-state index in [-0.39, 0.29) is 0 Å². The number of thiol groups is 1. The van der Waals surface area contributed by atoms with Gasteiger partial charge >= 0.3 is 0 Å². The van der Waals surface area contributed by atoms with Gasteiger partial charge in [0, 0.05) is 5.75 Å². The van der Waals surface area contributed by atoms with Crippen LogP contribution in [0.1, 0.15) is 18.9 Å². The van der Waals surface area contributed by atoms with E-state index >= 15 is 0 Å². The molecule has 1 heterocycles. The summed E-state index contributed by atoms with van der Waals surface area (Å²) in [5.41, 5.74) is 0. The molecule has 2 nitrogen and oxygen atoms in total. The Bertz CT molecular complexity index is 273. The van der Waals surface area contributed by atoms with Crippen LogP contribution in [0, 0.1) is 18.8 Å². The summed E-state index contributed by atoms with van der Waals surface area (Å²) in [6.07, 6.45) is 0. The summed E-state index contributed by atoms with van der Waals surface area (Å²) in [6, 6.07) is 0. The largest absolute Gasteiger partial charge is 0.179 e. The number of nitrogens with zero attached hydrogens (tertiary/aromatic N) is 2. The average Bonchev–Trinajstić information content (AvgIpc) is 2.52. The van der Waals surface area contributed by atoms with Crippen LogP contribution in [0.5, 0.6) is 0 Å². The molecule has 0 spiro atoms. The number of aryl methyl sites for hydroxylation is 1. The van der Waals surface area contributed by atoms with Gasteiger partial charge in [0.05, 0.1) is 0 Å². The van der Waals surface area contributed by atoms with Crippen molar-refractivity contribution in [2.75, 3.05) is 11.5 Å². The van der Waals surface area contributed by atoms with E-state index in [1.54, 1.807) is 23.1 Å². The van der Waals surface area contributed by atoms with Gasteiger partial charge in [-0.05, 0) is 24.5 Å². The molecular formula is C9H16N2S3. The summed E-state index contributed by atoms with van der Waals surface area (Å²) in [6.45, 7) is 6.47. The van der Waals surface area contributed by atoms with Crippen molar-refractivity contribution in [1.82, 2.24) is 10.2 Å². The van der Waals surface area contributed by atoms with Gasteiger partial charge in [-0.15, -0.1) is 10.2 Å². The Balaban J connectivity index is 2.39. The summed E-state index contributed by atoms with van der Waals surface area (Å²) < 4.78 is 1.08. The van der Waals surface area contributed by atoms with Crippen LogP contribution in [0.2, 0.25) is 0 Å². The van der Waals surface area contributed by atoms with Gasteiger partial charge in [0.2, 0.25) is 0 Å². The zero-order chi connectivity index (χ0) is 10.6. The Morgan fingerprint density at radius 1 is 1.43 bits per heavy atom. The first-order chi connectivity index (χ1) is 6.63. The highest BCUT2D eigenvalue weighted by Gasteiger charge is 2.13. The van der Waals surface area contributed by atoms with E-state index in [0.717, 1.165) is 20.9 Å². The molecule has 0 fully saturated rings. The molecule has 14 heavy (non-hydrogen) atoms. The lowest BCUT2D eigenvalue weighted by Gasteiger charge is -2.16. The van der Waals surface area contributed by atoms with Crippen molar-refractivity contribution in [3.8, 4) is 0 Å². The van der Waals surface area contributed by atoms with Crippen LogP contribution in [-0.2, 0) is 0 Å². The average molecular weight is 248 g/mol. The maximum Gasteiger partial charge on any atom is 0.174 e. The second-order valence-corrected chi connectivity index (χ2v) is 6.40. The van der Waals surface area contributed by atoms with Gasteiger partial charge in [0.1, 0.15) is 5.01 Å². The Morgan fingerprint density at radius 3 is 2.57 bits per heavy atom. The first-order valence-electron chi connectivity index (χ1n) is 4.67. The van der Waals surface area contributed by atoms with Crippen molar-refractivity contribution < 1.29 is 0 Å². The third-order valence-electron chi connectivity index (χ3n) is 2.11. The predicted octanol–water partition coefficient (Wildman–Crippen LogP) is 3.14. The topological polar surface area (TPSA) is 25.8 Å². The maximum atomic E-state index is 4.36. The second-order valence-electron chi connectivity index (χ2n) is 3.58. The fraction of sp³-hybridized carbons (Fsp3) is 0.778. The minimum Gasteiger partial charge on any atom is -0.179 e. The Kier molecular flexibility index (Phi) is 5.26. The molecule has 0 radical (unpaired) electrons. The van der Waals surface area contributed by atoms with Crippen molar-refractivity contribution in [3.05, 3.63) is 5.01 Å². The van der Waals surface area contributed by atoms with Crippen molar-refractivity contribution in [2.45, 2.75) is 25.1 Å². The molecule has 0 saturated carbocycles. The molecule has 1 atom stereocenters. The van der Waals surface area contributed by atoms with Gasteiger partial charge in [-0.2, -0.15) is 12.6 Å². The van der Waals surface area contributed by atoms with Gasteiger partial charge in [-0.1, -0.05) is 36.9 Å². The lowest BCUT2D eigenvalue weighted by molar-refractivity contribution is 0.473. The molecular weight excluding hydrogens is 232 g/mol. The number of aromatic nitrogens is 2. The molecule has 1 unspecified atom stereocenters. The van der Waals surface area contributed by atoms with E-state index in [9.17, 15) is 0 Å².